The predicted molar refractivity (Wildman–Crippen MR) is 270 cm³/mol. The number of alkyl carbamates (subject to hydrolysis) is 1. The van der Waals surface area contributed by atoms with Gasteiger partial charge in [-0.3, -0.25) is 4.52 Å². The Bertz CT molecular complexity index is 1550. The van der Waals surface area contributed by atoms with E-state index in [-0.39, 0.29) is 37.4 Å². The lowest BCUT2D eigenvalue weighted by atomic mass is 9.96. The number of alkyl halides is 3. The van der Waals surface area contributed by atoms with Crippen LogP contribution in [-0.4, -0.2) is 86.8 Å². The average molecular weight is 1020 g/mol. The number of phosphoric acid groups is 1. The first-order valence-corrected chi connectivity index (χ1v) is 27.5. The van der Waals surface area contributed by atoms with E-state index in [4.69, 9.17) is 76.8 Å². The number of amides is 1. The number of benzene rings is 2. The monoisotopic (exact) mass is 1020 g/mol. The first kappa shape index (κ1) is 59.2. The molecule has 0 aromatic heterocycles. The maximum Gasteiger partial charge on any atom is 0.588 e. The number of phosphoric ester groups is 1. The summed E-state index contributed by atoms with van der Waals surface area (Å²) in [5, 5.41) is 2.79. The van der Waals surface area contributed by atoms with Crippen molar-refractivity contribution >= 4 is 48.7 Å². The highest BCUT2D eigenvalue weighted by atomic mass is 35.6. The molecular formula is C51H81Cl3NO11P. The third kappa shape index (κ3) is 26.6. The summed E-state index contributed by atoms with van der Waals surface area (Å²) >= 11 is 17.8. The Labute approximate surface area is 417 Å². The zero-order chi connectivity index (χ0) is 48.4. The summed E-state index contributed by atoms with van der Waals surface area (Å²) in [6.45, 7) is 8.56. The van der Waals surface area contributed by atoms with E-state index in [2.05, 4.69) is 25.7 Å². The molecule has 1 heterocycles. The lowest BCUT2D eigenvalue weighted by molar-refractivity contribution is -0.272. The summed E-state index contributed by atoms with van der Waals surface area (Å²) in [5.74, 6) is 0.464. The molecule has 0 bridgehead atoms. The Morgan fingerprint density at radius 3 is 1.76 bits per heavy atom. The van der Waals surface area contributed by atoms with Crippen molar-refractivity contribution in [3.63, 3.8) is 0 Å². The number of methoxy groups -OCH3 is 1. The zero-order valence-electron chi connectivity index (χ0n) is 40.5. The molecule has 3 rings (SSSR count). The van der Waals surface area contributed by atoms with Crippen LogP contribution in [0.3, 0.4) is 0 Å². The molecule has 382 valence electrons. The van der Waals surface area contributed by atoms with Crippen molar-refractivity contribution in [3.05, 3.63) is 73.3 Å². The van der Waals surface area contributed by atoms with Gasteiger partial charge >= 0.3 is 13.9 Å². The van der Waals surface area contributed by atoms with E-state index in [0.29, 0.717) is 13.0 Å². The molecule has 1 aliphatic rings. The number of hydrogen-bond acceptors (Lipinski definition) is 11. The maximum absolute atomic E-state index is 15.0. The van der Waals surface area contributed by atoms with Crippen LogP contribution in [0.5, 0.6) is 11.5 Å². The number of unbranched alkanes of at least 4 members (excludes halogenated alkanes) is 17. The van der Waals surface area contributed by atoms with Gasteiger partial charge in [0.05, 0.1) is 19.3 Å². The number of carbonyl (C=O) groups is 1. The quantitative estimate of drug-likeness (QED) is 0.0297. The highest BCUT2D eigenvalue weighted by Crippen LogP contribution is 2.52. The second-order valence-corrected chi connectivity index (χ2v) is 21.2. The first-order valence-electron chi connectivity index (χ1n) is 24.9. The standard InChI is InChI=1S/C51H81Cl3NO11P/c1-5-8-10-12-14-16-18-20-22-30-38-59-42(31-25-21-19-17-15-13-11-9-6-2)36-39-60-48-46(55-50(56)62-41-51(52,53)54)49(61-37-7-3)63-45(40-58-4)47(48)66-67(57,64-43-32-26-23-27-33-43)65-44-34-28-24-29-35-44/h7,23-24,26-29,32-35,42,45-49H,3,5-6,8-22,25,30-31,36-41H2,1-2,4H3,(H,55,56)/t42-,45-,46-,47-,48-,49+/m1/s1. The van der Waals surface area contributed by atoms with Crippen LogP contribution in [0.2, 0.25) is 0 Å². The van der Waals surface area contributed by atoms with Gasteiger partial charge in [-0.2, -0.15) is 0 Å². The van der Waals surface area contributed by atoms with Crippen LogP contribution in [0.15, 0.2) is 73.3 Å². The van der Waals surface area contributed by atoms with Gasteiger partial charge in [0.1, 0.15) is 42.5 Å². The van der Waals surface area contributed by atoms with Crippen molar-refractivity contribution < 1.29 is 51.4 Å². The Morgan fingerprint density at radius 2 is 1.25 bits per heavy atom. The highest BCUT2D eigenvalue weighted by molar-refractivity contribution is 7.49. The first-order chi connectivity index (χ1) is 32.5. The number of para-hydroxylation sites is 2. The predicted octanol–water partition coefficient (Wildman–Crippen LogP) is 14.7. The van der Waals surface area contributed by atoms with Gasteiger partial charge in [-0.15, -0.1) is 6.58 Å². The van der Waals surface area contributed by atoms with E-state index in [1.807, 2.05) is 0 Å². The SMILES string of the molecule is C=CCO[C@H]1O[C@H](COC)[C@@H](OP(=O)(Oc2ccccc2)Oc2ccccc2)[C@H](OCC[C@@H](CCCCCCCCCCC)OCCCCCCCCCCCC)[C@H]1NC(=O)OCC(Cl)(Cl)Cl. The van der Waals surface area contributed by atoms with Crippen molar-refractivity contribution in [1.82, 2.24) is 5.32 Å². The second-order valence-electron chi connectivity index (χ2n) is 17.2. The van der Waals surface area contributed by atoms with E-state index >= 15 is 0 Å². The summed E-state index contributed by atoms with van der Waals surface area (Å²) < 4.78 is 68.6. The minimum Gasteiger partial charge on any atom is -0.445 e. The summed E-state index contributed by atoms with van der Waals surface area (Å²) in [7, 11) is -3.08. The normalized spacial score (nSPS) is 19.2. The molecule has 1 N–H and O–H groups in total. The average Bonchev–Trinajstić information content (AvgIpc) is 3.30. The van der Waals surface area contributed by atoms with Crippen LogP contribution in [0.4, 0.5) is 4.79 Å². The lowest BCUT2D eigenvalue weighted by Gasteiger charge is -2.46. The molecule has 0 unspecified atom stereocenters. The summed E-state index contributed by atoms with van der Waals surface area (Å²) in [4.78, 5) is 13.4. The molecule has 6 atom stereocenters. The van der Waals surface area contributed by atoms with Gasteiger partial charge in [-0.25, -0.2) is 9.36 Å². The minimum absolute atomic E-state index is 0.0460. The summed E-state index contributed by atoms with van der Waals surface area (Å²) in [5.41, 5.74) is 0. The van der Waals surface area contributed by atoms with Gasteiger partial charge in [0.25, 0.3) is 0 Å². The Kier molecular flexibility index (Phi) is 31.8. The van der Waals surface area contributed by atoms with Gasteiger partial charge in [0.15, 0.2) is 6.29 Å². The topological polar surface area (TPSA) is 129 Å². The second kappa shape index (κ2) is 35.9. The summed E-state index contributed by atoms with van der Waals surface area (Å²) in [6, 6.07) is 16.0. The molecular weight excluding hydrogens is 940 g/mol. The van der Waals surface area contributed by atoms with Gasteiger partial charge in [-0.1, -0.05) is 207 Å². The number of halogens is 3. The number of carbonyl (C=O) groups excluding carboxylic acids is 1. The van der Waals surface area contributed by atoms with Gasteiger partial charge in [0.2, 0.25) is 3.79 Å². The molecule has 1 saturated heterocycles. The van der Waals surface area contributed by atoms with Crippen LogP contribution in [0, 0.1) is 0 Å². The maximum atomic E-state index is 15.0. The molecule has 16 heteroatoms. The Hall–Kier alpha value is -2.09. The van der Waals surface area contributed by atoms with E-state index in [1.165, 1.54) is 103 Å². The fraction of sp³-hybridized carbons (Fsp3) is 0.706. The molecule has 2 aromatic carbocycles. The third-order valence-corrected chi connectivity index (χ3v) is 13.1. The van der Waals surface area contributed by atoms with Gasteiger partial charge in [-0.05, 0) is 43.5 Å². The fourth-order valence-electron chi connectivity index (χ4n) is 7.91. The molecule has 1 fully saturated rings. The lowest BCUT2D eigenvalue weighted by Crippen LogP contribution is -2.66. The fourth-order valence-corrected chi connectivity index (χ4v) is 9.51. The van der Waals surface area contributed by atoms with Gasteiger partial charge in [0, 0.05) is 20.3 Å². The van der Waals surface area contributed by atoms with Gasteiger partial charge < -0.3 is 42.8 Å². The van der Waals surface area contributed by atoms with Crippen LogP contribution in [0.25, 0.3) is 0 Å². The molecule has 12 nitrogen and oxygen atoms in total. The largest absolute Gasteiger partial charge is 0.588 e. The smallest absolute Gasteiger partial charge is 0.445 e. The molecule has 0 radical (unpaired) electrons. The minimum atomic E-state index is -4.58. The van der Waals surface area contributed by atoms with E-state index in [0.717, 1.165) is 32.1 Å². The van der Waals surface area contributed by atoms with Crippen molar-refractivity contribution in [3.8, 4) is 11.5 Å². The van der Waals surface area contributed by atoms with Crippen LogP contribution < -0.4 is 14.4 Å². The number of nitrogens with one attached hydrogen (secondary N) is 1. The van der Waals surface area contributed by atoms with Crippen molar-refractivity contribution in [2.75, 3.05) is 40.1 Å². The molecule has 0 saturated carbocycles. The molecule has 67 heavy (non-hydrogen) atoms. The number of rotatable bonds is 39. The molecule has 0 aliphatic carbocycles. The van der Waals surface area contributed by atoms with E-state index in [1.54, 1.807) is 66.7 Å². The van der Waals surface area contributed by atoms with E-state index < -0.39 is 55.0 Å². The molecule has 2 aromatic rings. The van der Waals surface area contributed by atoms with Crippen molar-refractivity contribution in [1.29, 1.82) is 0 Å². The number of hydrogen-bond donors (Lipinski definition) is 1. The van der Waals surface area contributed by atoms with Crippen LogP contribution in [0.1, 0.15) is 149 Å². The van der Waals surface area contributed by atoms with E-state index in [9.17, 15) is 9.36 Å². The van der Waals surface area contributed by atoms with Crippen LogP contribution >= 0.6 is 42.6 Å². The van der Waals surface area contributed by atoms with Crippen molar-refractivity contribution in [2.24, 2.45) is 0 Å². The molecule has 0 spiro atoms. The Morgan fingerprint density at radius 1 is 0.731 bits per heavy atom. The number of ether oxygens (including phenoxy) is 6. The molecule has 1 aliphatic heterocycles. The zero-order valence-corrected chi connectivity index (χ0v) is 43.6. The van der Waals surface area contributed by atoms with Crippen LogP contribution in [-0.2, 0) is 37.5 Å². The van der Waals surface area contributed by atoms with Crippen molar-refractivity contribution in [2.45, 2.75) is 189 Å². The third-order valence-electron chi connectivity index (χ3n) is 11.4. The summed E-state index contributed by atoms with van der Waals surface area (Å²) in [6.07, 6.45) is 20.9. The molecule has 1 amide bonds. The Balaban J connectivity index is 1.88. The highest BCUT2D eigenvalue weighted by Gasteiger charge is 2.53.